The van der Waals surface area contributed by atoms with E-state index in [1.54, 1.807) is 18.2 Å². The van der Waals surface area contributed by atoms with Crippen LogP contribution in [0.1, 0.15) is 74.3 Å². The van der Waals surface area contributed by atoms with Gasteiger partial charge in [-0.2, -0.15) is 0 Å². The molecule has 1 aliphatic heterocycles. The third-order valence-electron chi connectivity index (χ3n) is 5.69. The lowest BCUT2D eigenvalue weighted by Crippen LogP contribution is -2.36. The van der Waals surface area contributed by atoms with Crippen LogP contribution in [0.4, 0.5) is 5.69 Å². The molecule has 1 saturated carbocycles. The van der Waals surface area contributed by atoms with Gasteiger partial charge in [0.25, 0.3) is 17.7 Å². The Morgan fingerprint density at radius 2 is 1.64 bits per heavy atom. The topological polar surface area (TPSA) is 66.5 Å². The van der Waals surface area contributed by atoms with Crippen LogP contribution in [0.5, 0.6) is 0 Å². The molecule has 0 bridgehead atoms. The molecular formula is C23H24N2O3. The lowest BCUT2D eigenvalue weighted by molar-refractivity contribution is 0.0918. The molecule has 0 radical (unpaired) electrons. The number of carbonyl (C=O) groups is 3. The minimum Gasteiger partial charge on any atom is -0.349 e. The highest BCUT2D eigenvalue weighted by atomic mass is 16.2. The molecule has 1 heterocycles. The SMILES string of the molecule is Cc1ccc(C)c(N2C(=O)c3ccc(C(=O)NC4CCCCC4)cc3C2=O)c1. The highest BCUT2D eigenvalue weighted by molar-refractivity contribution is 6.35. The van der Waals surface area contributed by atoms with Gasteiger partial charge in [-0.15, -0.1) is 0 Å². The van der Waals surface area contributed by atoms with Crippen molar-refractivity contribution in [3.63, 3.8) is 0 Å². The summed E-state index contributed by atoms with van der Waals surface area (Å²) in [6, 6.07) is 10.7. The normalized spacial score (nSPS) is 17.0. The molecule has 2 aromatic carbocycles. The monoisotopic (exact) mass is 376 g/mol. The Kier molecular flexibility index (Phi) is 4.75. The molecule has 0 aromatic heterocycles. The Morgan fingerprint density at radius 1 is 0.929 bits per heavy atom. The first kappa shape index (κ1) is 18.4. The van der Waals surface area contributed by atoms with Crippen molar-refractivity contribution in [1.82, 2.24) is 5.32 Å². The minimum atomic E-state index is -0.374. The van der Waals surface area contributed by atoms with Crippen LogP contribution >= 0.6 is 0 Å². The molecule has 1 fully saturated rings. The molecule has 1 N–H and O–H groups in total. The first-order valence-corrected chi connectivity index (χ1v) is 9.86. The average molecular weight is 376 g/mol. The Labute approximate surface area is 164 Å². The fourth-order valence-electron chi connectivity index (χ4n) is 4.08. The number of hydrogen-bond acceptors (Lipinski definition) is 3. The van der Waals surface area contributed by atoms with Gasteiger partial charge in [0, 0.05) is 11.6 Å². The van der Waals surface area contributed by atoms with Crippen molar-refractivity contribution in [3.05, 3.63) is 64.2 Å². The number of rotatable bonds is 3. The van der Waals surface area contributed by atoms with Crippen molar-refractivity contribution >= 4 is 23.4 Å². The molecule has 144 valence electrons. The van der Waals surface area contributed by atoms with E-state index >= 15 is 0 Å². The van der Waals surface area contributed by atoms with Crippen LogP contribution in [0.2, 0.25) is 0 Å². The quantitative estimate of drug-likeness (QED) is 0.818. The molecule has 2 aromatic rings. The number of aryl methyl sites for hydroxylation is 2. The second-order valence-corrected chi connectivity index (χ2v) is 7.80. The first-order valence-electron chi connectivity index (χ1n) is 9.86. The van der Waals surface area contributed by atoms with Crippen molar-refractivity contribution in [2.45, 2.75) is 52.0 Å². The smallest absolute Gasteiger partial charge is 0.266 e. The van der Waals surface area contributed by atoms with Gasteiger partial charge >= 0.3 is 0 Å². The molecule has 4 rings (SSSR count). The number of fused-ring (bicyclic) bond motifs is 1. The largest absolute Gasteiger partial charge is 0.349 e. The van der Waals surface area contributed by atoms with Crippen LogP contribution in [0, 0.1) is 13.8 Å². The van der Waals surface area contributed by atoms with E-state index in [2.05, 4.69) is 5.32 Å². The maximum Gasteiger partial charge on any atom is 0.266 e. The van der Waals surface area contributed by atoms with E-state index in [-0.39, 0.29) is 23.8 Å². The van der Waals surface area contributed by atoms with Gasteiger partial charge in [0.2, 0.25) is 0 Å². The van der Waals surface area contributed by atoms with E-state index in [0.29, 0.717) is 22.4 Å². The van der Waals surface area contributed by atoms with Crippen molar-refractivity contribution in [3.8, 4) is 0 Å². The molecule has 5 heteroatoms. The zero-order valence-corrected chi connectivity index (χ0v) is 16.2. The Bertz CT molecular complexity index is 974. The van der Waals surface area contributed by atoms with Gasteiger partial charge in [-0.25, -0.2) is 4.90 Å². The fraction of sp³-hybridized carbons (Fsp3) is 0.348. The van der Waals surface area contributed by atoms with Crippen molar-refractivity contribution in [2.75, 3.05) is 4.90 Å². The standard InChI is InChI=1S/C23H24N2O3/c1-14-8-9-15(2)20(12-14)25-22(27)18-11-10-16(13-19(18)23(25)28)21(26)24-17-6-4-3-5-7-17/h8-13,17H,3-7H2,1-2H3,(H,24,26). The molecule has 1 aliphatic carbocycles. The third kappa shape index (κ3) is 3.21. The van der Waals surface area contributed by atoms with E-state index in [9.17, 15) is 14.4 Å². The average Bonchev–Trinajstić information content (AvgIpc) is 2.94. The number of hydrogen-bond donors (Lipinski definition) is 1. The zero-order chi connectivity index (χ0) is 19.8. The van der Waals surface area contributed by atoms with Crippen molar-refractivity contribution in [1.29, 1.82) is 0 Å². The van der Waals surface area contributed by atoms with Gasteiger partial charge in [-0.3, -0.25) is 14.4 Å². The Balaban J connectivity index is 1.62. The van der Waals surface area contributed by atoms with Crippen LogP contribution in [-0.4, -0.2) is 23.8 Å². The van der Waals surface area contributed by atoms with Gasteiger partial charge < -0.3 is 5.32 Å². The number of benzene rings is 2. The molecule has 5 nitrogen and oxygen atoms in total. The second kappa shape index (κ2) is 7.23. The van der Waals surface area contributed by atoms with E-state index in [0.717, 1.165) is 36.8 Å². The number of amides is 3. The highest BCUT2D eigenvalue weighted by Crippen LogP contribution is 2.32. The minimum absolute atomic E-state index is 0.180. The van der Waals surface area contributed by atoms with Crippen molar-refractivity contribution in [2.24, 2.45) is 0 Å². The van der Waals surface area contributed by atoms with Crippen LogP contribution < -0.4 is 10.2 Å². The first-order chi connectivity index (χ1) is 13.5. The number of carbonyl (C=O) groups excluding carboxylic acids is 3. The number of nitrogens with zero attached hydrogens (tertiary/aromatic N) is 1. The zero-order valence-electron chi connectivity index (χ0n) is 16.2. The lowest BCUT2D eigenvalue weighted by atomic mass is 9.95. The molecule has 0 saturated heterocycles. The van der Waals surface area contributed by atoms with E-state index < -0.39 is 0 Å². The summed E-state index contributed by atoms with van der Waals surface area (Å²) in [7, 11) is 0. The summed E-state index contributed by atoms with van der Waals surface area (Å²) in [4.78, 5) is 39.7. The summed E-state index contributed by atoms with van der Waals surface area (Å²) in [6.45, 7) is 3.80. The van der Waals surface area contributed by atoms with Crippen LogP contribution in [-0.2, 0) is 0 Å². The maximum atomic E-state index is 13.0. The number of anilines is 1. The summed E-state index contributed by atoms with van der Waals surface area (Å²) < 4.78 is 0. The lowest BCUT2D eigenvalue weighted by Gasteiger charge is -2.22. The predicted molar refractivity (Wildman–Crippen MR) is 108 cm³/mol. The summed E-state index contributed by atoms with van der Waals surface area (Å²) in [6.07, 6.45) is 5.47. The molecule has 0 unspecified atom stereocenters. The fourth-order valence-corrected chi connectivity index (χ4v) is 4.08. The van der Waals surface area contributed by atoms with E-state index in [4.69, 9.17) is 0 Å². The van der Waals surface area contributed by atoms with Crippen LogP contribution in [0.15, 0.2) is 36.4 Å². The Hall–Kier alpha value is -2.95. The summed E-state index contributed by atoms with van der Waals surface area (Å²) in [5.41, 5.74) is 3.50. The van der Waals surface area contributed by atoms with Gasteiger partial charge in [0.1, 0.15) is 0 Å². The summed E-state index contributed by atoms with van der Waals surface area (Å²) in [5, 5.41) is 3.06. The molecule has 0 spiro atoms. The van der Waals surface area contributed by atoms with Gasteiger partial charge in [-0.1, -0.05) is 31.4 Å². The van der Waals surface area contributed by atoms with E-state index in [1.165, 1.54) is 11.3 Å². The van der Waals surface area contributed by atoms with Crippen molar-refractivity contribution < 1.29 is 14.4 Å². The van der Waals surface area contributed by atoms with E-state index in [1.807, 2.05) is 32.0 Å². The number of nitrogens with one attached hydrogen (secondary N) is 1. The molecule has 28 heavy (non-hydrogen) atoms. The molecule has 3 amide bonds. The van der Waals surface area contributed by atoms with Gasteiger partial charge in [0.15, 0.2) is 0 Å². The predicted octanol–water partition coefficient (Wildman–Crippen LogP) is 4.17. The number of imide groups is 1. The second-order valence-electron chi connectivity index (χ2n) is 7.80. The third-order valence-corrected chi connectivity index (χ3v) is 5.69. The molecule has 2 aliphatic rings. The Morgan fingerprint density at radius 3 is 2.39 bits per heavy atom. The summed E-state index contributed by atoms with van der Waals surface area (Å²) >= 11 is 0. The molecule has 0 atom stereocenters. The highest BCUT2D eigenvalue weighted by Gasteiger charge is 2.38. The van der Waals surface area contributed by atoms with Crippen LogP contribution in [0.25, 0.3) is 0 Å². The van der Waals surface area contributed by atoms with Crippen LogP contribution in [0.3, 0.4) is 0 Å². The van der Waals surface area contributed by atoms with Gasteiger partial charge in [-0.05, 0) is 62.1 Å². The maximum absolute atomic E-state index is 13.0. The summed E-state index contributed by atoms with van der Waals surface area (Å²) in [5.74, 6) is -0.894. The van der Waals surface area contributed by atoms with Gasteiger partial charge in [0.05, 0.1) is 16.8 Å². The molecular weight excluding hydrogens is 352 g/mol.